The molecule has 122 valence electrons. The largest absolute Gasteiger partial charge is 0.496 e. The second-order valence-corrected chi connectivity index (χ2v) is 5.95. The SMILES string of the molecule is COc1ccccc1CC(C)CC(=O)N[C@@H](C(=O)O)C(C)C. The predicted molar refractivity (Wildman–Crippen MR) is 84.9 cm³/mol. The lowest BCUT2D eigenvalue weighted by Gasteiger charge is -2.19. The molecule has 0 bridgehead atoms. The molecule has 0 aliphatic rings. The number of carboxylic acid groups (broad SMARTS) is 1. The van der Waals surface area contributed by atoms with Gasteiger partial charge in [-0.1, -0.05) is 39.0 Å². The lowest BCUT2D eigenvalue weighted by atomic mass is 9.96. The van der Waals surface area contributed by atoms with Crippen LogP contribution < -0.4 is 10.1 Å². The van der Waals surface area contributed by atoms with Crippen molar-refractivity contribution < 1.29 is 19.4 Å². The molecule has 1 unspecified atom stereocenters. The molecule has 0 fully saturated rings. The normalized spacial score (nSPS) is 13.5. The molecule has 0 aliphatic heterocycles. The summed E-state index contributed by atoms with van der Waals surface area (Å²) in [6.07, 6.45) is 0.991. The van der Waals surface area contributed by atoms with Crippen LogP contribution >= 0.6 is 0 Å². The van der Waals surface area contributed by atoms with Crippen LogP contribution in [-0.2, 0) is 16.0 Å². The Morgan fingerprint density at radius 2 is 1.86 bits per heavy atom. The summed E-state index contributed by atoms with van der Waals surface area (Å²) >= 11 is 0. The Labute approximate surface area is 131 Å². The summed E-state index contributed by atoms with van der Waals surface area (Å²) in [5, 5.41) is 11.7. The number of ether oxygens (including phenoxy) is 1. The third-order valence-corrected chi connectivity index (χ3v) is 3.54. The molecule has 0 radical (unpaired) electrons. The molecule has 2 N–H and O–H groups in total. The van der Waals surface area contributed by atoms with Gasteiger partial charge in [-0.2, -0.15) is 0 Å². The van der Waals surface area contributed by atoms with E-state index in [1.54, 1.807) is 21.0 Å². The van der Waals surface area contributed by atoms with Gasteiger partial charge >= 0.3 is 5.97 Å². The van der Waals surface area contributed by atoms with Crippen molar-refractivity contribution in [3.05, 3.63) is 29.8 Å². The average molecular weight is 307 g/mol. The first-order chi connectivity index (χ1) is 10.3. The maximum absolute atomic E-state index is 12.0. The van der Waals surface area contributed by atoms with Gasteiger partial charge in [0.15, 0.2) is 0 Å². The number of aliphatic carboxylic acids is 1. The summed E-state index contributed by atoms with van der Waals surface area (Å²) < 4.78 is 5.30. The molecule has 5 nitrogen and oxygen atoms in total. The van der Waals surface area contributed by atoms with Crippen LogP contribution in [0.5, 0.6) is 5.75 Å². The van der Waals surface area contributed by atoms with E-state index in [4.69, 9.17) is 9.84 Å². The van der Waals surface area contributed by atoms with Gasteiger partial charge in [-0.3, -0.25) is 4.79 Å². The highest BCUT2D eigenvalue weighted by Crippen LogP contribution is 2.22. The maximum Gasteiger partial charge on any atom is 0.326 e. The van der Waals surface area contributed by atoms with E-state index in [9.17, 15) is 9.59 Å². The molecule has 1 aromatic rings. The average Bonchev–Trinajstić information content (AvgIpc) is 2.44. The Morgan fingerprint density at radius 1 is 1.23 bits per heavy atom. The molecule has 22 heavy (non-hydrogen) atoms. The van der Waals surface area contributed by atoms with E-state index in [1.165, 1.54) is 0 Å². The summed E-state index contributed by atoms with van der Waals surface area (Å²) in [5.74, 6) is -0.478. The van der Waals surface area contributed by atoms with Crippen LogP contribution in [0.1, 0.15) is 32.8 Å². The quantitative estimate of drug-likeness (QED) is 0.773. The fraction of sp³-hybridized carbons (Fsp3) is 0.529. The monoisotopic (exact) mass is 307 g/mol. The van der Waals surface area contributed by atoms with Gasteiger partial charge in [0.05, 0.1) is 7.11 Å². The van der Waals surface area contributed by atoms with Crippen molar-refractivity contribution in [2.45, 2.75) is 39.7 Å². The zero-order valence-electron chi connectivity index (χ0n) is 13.6. The molecular formula is C17H25NO4. The number of para-hydroxylation sites is 1. The van der Waals surface area contributed by atoms with E-state index in [1.807, 2.05) is 31.2 Å². The summed E-state index contributed by atoms with van der Waals surface area (Å²) in [4.78, 5) is 23.1. The molecule has 0 heterocycles. The van der Waals surface area contributed by atoms with Crippen LogP contribution in [0.4, 0.5) is 0 Å². The topological polar surface area (TPSA) is 75.6 Å². The third kappa shape index (κ3) is 5.39. The van der Waals surface area contributed by atoms with E-state index in [2.05, 4.69) is 5.32 Å². The van der Waals surface area contributed by atoms with Crippen LogP contribution in [0.3, 0.4) is 0 Å². The van der Waals surface area contributed by atoms with E-state index in [-0.39, 0.29) is 24.2 Å². The molecule has 0 saturated carbocycles. The number of nitrogens with one attached hydrogen (secondary N) is 1. The number of rotatable bonds is 8. The molecule has 1 rings (SSSR count). The summed E-state index contributed by atoms with van der Waals surface area (Å²) in [6, 6.07) is 6.86. The molecule has 1 aromatic carbocycles. The van der Waals surface area contributed by atoms with Crippen molar-refractivity contribution in [3.63, 3.8) is 0 Å². The Morgan fingerprint density at radius 3 is 2.41 bits per heavy atom. The molecule has 0 aliphatic carbocycles. The molecular weight excluding hydrogens is 282 g/mol. The number of carbonyl (C=O) groups excluding carboxylic acids is 1. The standard InChI is InChI=1S/C17H25NO4/c1-11(2)16(17(20)21)18-15(19)10-12(3)9-13-7-5-6-8-14(13)22-4/h5-8,11-12,16H,9-10H2,1-4H3,(H,18,19)(H,20,21)/t12?,16-/m1/s1. The number of carbonyl (C=O) groups is 2. The highest BCUT2D eigenvalue weighted by Gasteiger charge is 2.24. The zero-order valence-corrected chi connectivity index (χ0v) is 13.6. The Kier molecular flexibility index (Phi) is 6.89. The number of benzene rings is 1. The molecule has 0 saturated heterocycles. The Bertz CT molecular complexity index is 513. The minimum absolute atomic E-state index is 0.0953. The predicted octanol–water partition coefficient (Wildman–Crippen LogP) is 2.49. The first-order valence-corrected chi connectivity index (χ1v) is 7.49. The first-order valence-electron chi connectivity index (χ1n) is 7.49. The van der Waals surface area contributed by atoms with Crippen LogP contribution in [0, 0.1) is 11.8 Å². The number of methoxy groups -OCH3 is 1. The Hall–Kier alpha value is -2.04. The highest BCUT2D eigenvalue weighted by molar-refractivity contribution is 5.83. The Balaban J connectivity index is 2.59. The lowest BCUT2D eigenvalue weighted by molar-refractivity contribution is -0.143. The summed E-state index contributed by atoms with van der Waals surface area (Å²) in [7, 11) is 1.62. The van der Waals surface area contributed by atoms with Gasteiger partial charge in [-0.05, 0) is 29.9 Å². The minimum atomic E-state index is -0.999. The second kappa shape index (κ2) is 8.41. The van der Waals surface area contributed by atoms with E-state index in [0.29, 0.717) is 6.42 Å². The van der Waals surface area contributed by atoms with E-state index in [0.717, 1.165) is 11.3 Å². The third-order valence-electron chi connectivity index (χ3n) is 3.54. The molecule has 0 spiro atoms. The van der Waals surface area contributed by atoms with Gasteiger partial charge < -0.3 is 15.2 Å². The summed E-state index contributed by atoms with van der Waals surface area (Å²) in [5.41, 5.74) is 1.05. The number of carboxylic acids is 1. The number of amides is 1. The number of hydrogen-bond acceptors (Lipinski definition) is 3. The fourth-order valence-corrected chi connectivity index (χ4v) is 2.38. The van der Waals surface area contributed by atoms with Crippen molar-refractivity contribution in [2.75, 3.05) is 7.11 Å². The lowest BCUT2D eigenvalue weighted by Crippen LogP contribution is -2.44. The van der Waals surface area contributed by atoms with Gasteiger partial charge in [-0.25, -0.2) is 4.79 Å². The van der Waals surface area contributed by atoms with Crippen molar-refractivity contribution in [3.8, 4) is 5.75 Å². The van der Waals surface area contributed by atoms with Gasteiger partial charge in [-0.15, -0.1) is 0 Å². The van der Waals surface area contributed by atoms with E-state index >= 15 is 0 Å². The highest BCUT2D eigenvalue weighted by atomic mass is 16.5. The van der Waals surface area contributed by atoms with Crippen LogP contribution in [0.15, 0.2) is 24.3 Å². The number of hydrogen-bond donors (Lipinski definition) is 2. The van der Waals surface area contributed by atoms with Crippen molar-refractivity contribution in [1.82, 2.24) is 5.32 Å². The maximum atomic E-state index is 12.0. The molecule has 2 atom stereocenters. The second-order valence-electron chi connectivity index (χ2n) is 5.95. The zero-order chi connectivity index (χ0) is 16.7. The molecule has 1 amide bonds. The van der Waals surface area contributed by atoms with Crippen LogP contribution in [0.2, 0.25) is 0 Å². The van der Waals surface area contributed by atoms with Gasteiger partial charge in [0, 0.05) is 6.42 Å². The van der Waals surface area contributed by atoms with Crippen molar-refractivity contribution >= 4 is 11.9 Å². The first kappa shape index (κ1) is 18.0. The van der Waals surface area contributed by atoms with Gasteiger partial charge in [0.1, 0.15) is 11.8 Å². The van der Waals surface area contributed by atoms with Crippen molar-refractivity contribution in [1.29, 1.82) is 0 Å². The summed E-state index contributed by atoms with van der Waals surface area (Å²) in [6.45, 7) is 5.52. The minimum Gasteiger partial charge on any atom is -0.496 e. The van der Waals surface area contributed by atoms with E-state index < -0.39 is 12.0 Å². The smallest absolute Gasteiger partial charge is 0.326 e. The van der Waals surface area contributed by atoms with Gasteiger partial charge in [0.25, 0.3) is 0 Å². The molecule has 0 aromatic heterocycles. The van der Waals surface area contributed by atoms with Crippen molar-refractivity contribution in [2.24, 2.45) is 11.8 Å². The van der Waals surface area contributed by atoms with Crippen LogP contribution in [0.25, 0.3) is 0 Å². The van der Waals surface area contributed by atoms with Crippen LogP contribution in [-0.4, -0.2) is 30.1 Å². The molecule has 5 heteroatoms. The fourth-order valence-electron chi connectivity index (χ4n) is 2.38. The van der Waals surface area contributed by atoms with Gasteiger partial charge in [0.2, 0.25) is 5.91 Å².